The third kappa shape index (κ3) is 3.60. The lowest BCUT2D eigenvalue weighted by Gasteiger charge is -2.28. The summed E-state index contributed by atoms with van der Waals surface area (Å²) in [5.74, 6) is 0.205. The lowest BCUT2D eigenvalue weighted by molar-refractivity contribution is -0.143. The van der Waals surface area contributed by atoms with Gasteiger partial charge in [0.25, 0.3) is 0 Å². The Morgan fingerprint density at radius 2 is 1.74 bits per heavy atom. The molecule has 0 N–H and O–H groups in total. The minimum absolute atomic E-state index is 0.176. The zero-order chi connectivity index (χ0) is 19.4. The van der Waals surface area contributed by atoms with Crippen molar-refractivity contribution in [1.29, 1.82) is 0 Å². The molecule has 0 saturated carbocycles. The molecular weight excluding hydrogens is 346 g/mol. The first kappa shape index (κ1) is 18.8. The second-order valence-electron chi connectivity index (χ2n) is 6.23. The normalized spacial score (nSPS) is 18.0. The van der Waals surface area contributed by atoms with Crippen LogP contribution in [0.2, 0.25) is 0 Å². The summed E-state index contributed by atoms with van der Waals surface area (Å²) in [4.78, 5) is 26.5. The first-order chi connectivity index (χ1) is 13.1. The summed E-state index contributed by atoms with van der Waals surface area (Å²) in [5, 5.41) is 0. The summed E-state index contributed by atoms with van der Waals surface area (Å²) in [6.07, 6.45) is -0.288. The summed E-state index contributed by atoms with van der Waals surface area (Å²) in [6, 6.07) is 14.7. The molecular formula is C21H23NO5. The van der Waals surface area contributed by atoms with Gasteiger partial charge in [0.2, 0.25) is 0 Å². The smallest absolute Gasteiger partial charge is 0.414 e. The molecule has 0 radical (unpaired) electrons. The average molecular weight is 369 g/mol. The Morgan fingerprint density at radius 3 is 2.37 bits per heavy atom. The van der Waals surface area contributed by atoms with Crippen molar-refractivity contribution in [2.75, 3.05) is 25.7 Å². The maximum absolute atomic E-state index is 12.6. The molecule has 3 rings (SSSR count). The van der Waals surface area contributed by atoms with E-state index in [-0.39, 0.29) is 24.3 Å². The van der Waals surface area contributed by atoms with Gasteiger partial charge in [-0.15, -0.1) is 0 Å². The molecule has 6 nitrogen and oxygen atoms in total. The highest BCUT2D eigenvalue weighted by Crippen LogP contribution is 2.51. The van der Waals surface area contributed by atoms with Crippen LogP contribution in [0.1, 0.15) is 36.4 Å². The van der Waals surface area contributed by atoms with Crippen LogP contribution < -0.4 is 9.64 Å². The van der Waals surface area contributed by atoms with E-state index in [1.807, 2.05) is 48.5 Å². The third-order valence-corrected chi connectivity index (χ3v) is 4.78. The van der Waals surface area contributed by atoms with Crippen LogP contribution in [0, 0.1) is 0 Å². The summed E-state index contributed by atoms with van der Waals surface area (Å²) in [7, 11) is 2.96. The number of para-hydroxylation sites is 1. The molecule has 6 heteroatoms. The molecule has 0 aliphatic carbocycles. The van der Waals surface area contributed by atoms with Crippen LogP contribution in [0.15, 0.2) is 48.5 Å². The number of methoxy groups -OCH3 is 2. The molecule has 0 aromatic heterocycles. The fourth-order valence-corrected chi connectivity index (χ4v) is 3.63. The minimum Gasteiger partial charge on any atom is -0.497 e. The van der Waals surface area contributed by atoms with Gasteiger partial charge in [-0.1, -0.05) is 30.3 Å². The standard InChI is InChI=1S/C21H23NO5/c1-4-27-19(23)13-17-16-7-5-6-8-18(16)22(21(24)26-3)20(17)14-9-11-15(25-2)12-10-14/h5-12,17,20H,4,13H2,1-3H3. The Balaban J connectivity index is 2.08. The second kappa shape index (κ2) is 8.12. The number of esters is 1. The SMILES string of the molecule is CCOC(=O)CC1c2ccccc2N(C(=O)OC)C1c1ccc(OC)cc1. The number of carbonyl (C=O) groups excluding carboxylic acids is 2. The van der Waals surface area contributed by atoms with Crippen LogP contribution in [0.5, 0.6) is 5.75 Å². The number of hydrogen-bond donors (Lipinski definition) is 0. The molecule has 2 atom stereocenters. The Bertz CT molecular complexity index is 818. The molecule has 27 heavy (non-hydrogen) atoms. The van der Waals surface area contributed by atoms with Gasteiger partial charge in [-0.3, -0.25) is 9.69 Å². The van der Waals surface area contributed by atoms with E-state index in [1.54, 1.807) is 18.9 Å². The van der Waals surface area contributed by atoms with Crippen LogP contribution in [0.4, 0.5) is 10.5 Å². The van der Waals surface area contributed by atoms with Crippen molar-refractivity contribution in [2.24, 2.45) is 0 Å². The van der Waals surface area contributed by atoms with Crippen molar-refractivity contribution >= 4 is 17.7 Å². The number of fused-ring (bicyclic) bond motifs is 1. The van der Waals surface area contributed by atoms with Crippen LogP contribution in [-0.2, 0) is 14.3 Å². The molecule has 2 aromatic rings. The van der Waals surface area contributed by atoms with Crippen molar-refractivity contribution in [3.8, 4) is 5.75 Å². The fourth-order valence-electron chi connectivity index (χ4n) is 3.63. The highest BCUT2D eigenvalue weighted by molar-refractivity contribution is 5.92. The van der Waals surface area contributed by atoms with E-state index in [1.165, 1.54) is 7.11 Å². The highest BCUT2D eigenvalue weighted by atomic mass is 16.5. The molecule has 1 aliphatic heterocycles. The molecule has 0 bridgehead atoms. The van der Waals surface area contributed by atoms with Gasteiger partial charge in [0.05, 0.1) is 39.0 Å². The zero-order valence-corrected chi connectivity index (χ0v) is 15.7. The Hall–Kier alpha value is -3.02. The number of carbonyl (C=O) groups is 2. The van der Waals surface area contributed by atoms with Crippen LogP contribution >= 0.6 is 0 Å². The van der Waals surface area contributed by atoms with E-state index in [4.69, 9.17) is 14.2 Å². The van der Waals surface area contributed by atoms with Crippen molar-refractivity contribution in [1.82, 2.24) is 0 Å². The Labute approximate surface area is 158 Å². The number of ether oxygens (including phenoxy) is 3. The fraction of sp³-hybridized carbons (Fsp3) is 0.333. The molecule has 1 aliphatic rings. The van der Waals surface area contributed by atoms with Crippen molar-refractivity contribution in [2.45, 2.75) is 25.3 Å². The molecule has 0 fully saturated rings. The maximum atomic E-state index is 12.6. The number of amides is 1. The Kier molecular flexibility index (Phi) is 5.64. The van der Waals surface area contributed by atoms with E-state index >= 15 is 0 Å². The van der Waals surface area contributed by atoms with Crippen LogP contribution in [0.3, 0.4) is 0 Å². The first-order valence-corrected chi connectivity index (χ1v) is 8.86. The lowest BCUT2D eigenvalue weighted by atomic mass is 9.87. The van der Waals surface area contributed by atoms with Crippen molar-refractivity contribution in [3.05, 3.63) is 59.7 Å². The van der Waals surface area contributed by atoms with Crippen molar-refractivity contribution < 1.29 is 23.8 Å². The largest absolute Gasteiger partial charge is 0.497 e. The van der Waals surface area contributed by atoms with E-state index in [0.29, 0.717) is 6.61 Å². The van der Waals surface area contributed by atoms with Crippen molar-refractivity contribution in [3.63, 3.8) is 0 Å². The van der Waals surface area contributed by atoms with Gasteiger partial charge >= 0.3 is 12.1 Å². The molecule has 1 amide bonds. The minimum atomic E-state index is -0.463. The third-order valence-electron chi connectivity index (χ3n) is 4.78. The van der Waals surface area contributed by atoms with Gasteiger partial charge in [-0.2, -0.15) is 0 Å². The molecule has 2 unspecified atom stereocenters. The van der Waals surface area contributed by atoms with E-state index in [9.17, 15) is 9.59 Å². The summed E-state index contributed by atoms with van der Waals surface area (Å²) < 4.78 is 15.4. The summed E-state index contributed by atoms with van der Waals surface area (Å²) in [5.41, 5.74) is 2.57. The monoisotopic (exact) mass is 369 g/mol. The maximum Gasteiger partial charge on any atom is 0.414 e. The van der Waals surface area contributed by atoms with Gasteiger partial charge in [0, 0.05) is 5.92 Å². The quantitative estimate of drug-likeness (QED) is 0.744. The molecule has 2 aromatic carbocycles. The van der Waals surface area contributed by atoms with E-state index in [2.05, 4.69) is 0 Å². The summed E-state index contributed by atoms with van der Waals surface area (Å²) in [6.45, 7) is 2.10. The number of rotatable bonds is 5. The predicted molar refractivity (Wildman–Crippen MR) is 101 cm³/mol. The van der Waals surface area contributed by atoms with Crippen LogP contribution in [0.25, 0.3) is 0 Å². The highest BCUT2D eigenvalue weighted by Gasteiger charge is 2.44. The number of hydrogen-bond acceptors (Lipinski definition) is 5. The molecule has 0 saturated heterocycles. The number of anilines is 1. The van der Waals surface area contributed by atoms with Gasteiger partial charge in [-0.05, 0) is 36.2 Å². The zero-order valence-electron chi connectivity index (χ0n) is 15.7. The molecule has 0 spiro atoms. The Morgan fingerprint density at radius 1 is 1.04 bits per heavy atom. The number of benzene rings is 2. The van der Waals surface area contributed by atoms with E-state index in [0.717, 1.165) is 22.6 Å². The molecule has 142 valence electrons. The summed E-state index contributed by atoms with van der Waals surface area (Å²) >= 11 is 0. The molecule has 1 heterocycles. The number of nitrogens with zero attached hydrogens (tertiary/aromatic N) is 1. The second-order valence-corrected chi connectivity index (χ2v) is 6.23. The lowest BCUT2D eigenvalue weighted by Crippen LogP contribution is -2.33. The topological polar surface area (TPSA) is 65.1 Å². The van der Waals surface area contributed by atoms with E-state index < -0.39 is 6.09 Å². The van der Waals surface area contributed by atoms with Crippen LogP contribution in [-0.4, -0.2) is 32.9 Å². The van der Waals surface area contributed by atoms with Gasteiger partial charge in [0.15, 0.2) is 0 Å². The van der Waals surface area contributed by atoms with Gasteiger partial charge in [0.1, 0.15) is 5.75 Å². The van der Waals surface area contributed by atoms with Gasteiger partial charge < -0.3 is 14.2 Å². The first-order valence-electron chi connectivity index (χ1n) is 8.86. The average Bonchev–Trinajstić information content (AvgIpc) is 3.02. The van der Waals surface area contributed by atoms with Gasteiger partial charge in [-0.25, -0.2) is 4.79 Å². The predicted octanol–water partition coefficient (Wildman–Crippen LogP) is 4.06.